The zero-order valence-electron chi connectivity index (χ0n) is 14.3. The Bertz CT molecular complexity index is 707. The molecule has 0 aliphatic carbocycles. The maximum absolute atomic E-state index is 4.32. The van der Waals surface area contributed by atoms with Crippen molar-refractivity contribution < 1.29 is 0 Å². The summed E-state index contributed by atoms with van der Waals surface area (Å²) in [5.74, 6) is 0. The van der Waals surface area contributed by atoms with E-state index >= 15 is 0 Å². The van der Waals surface area contributed by atoms with Gasteiger partial charge in [0.25, 0.3) is 0 Å². The zero-order valence-corrected chi connectivity index (χ0v) is 14.3. The first-order valence-corrected chi connectivity index (χ1v) is 8.05. The van der Waals surface area contributed by atoms with E-state index in [2.05, 4.69) is 82.6 Å². The Hall–Kier alpha value is -2.02. The average Bonchev–Trinajstić information content (AvgIpc) is 2.53. The standard InChI is InChI=1S/C21H27N/c1-7-21(5,6)15(3)17-9-11-20-14-18(16(4)22-8-2)10-12-19(20)13-17/h9-14,22H,3-4,7-8H2,1-2,5-6H3. The van der Waals surface area contributed by atoms with Crippen LogP contribution in [-0.2, 0) is 0 Å². The van der Waals surface area contributed by atoms with Crippen LogP contribution in [0.25, 0.3) is 22.0 Å². The molecular weight excluding hydrogens is 266 g/mol. The number of nitrogens with one attached hydrogen (secondary N) is 1. The number of hydrogen-bond donors (Lipinski definition) is 1. The smallest absolute Gasteiger partial charge is 0.0340 e. The molecule has 0 saturated heterocycles. The van der Waals surface area contributed by atoms with Crippen molar-refractivity contribution >= 4 is 22.0 Å². The third-order valence-electron chi connectivity index (χ3n) is 4.63. The number of fused-ring (bicyclic) bond motifs is 1. The van der Waals surface area contributed by atoms with Crippen LogP contribution < -0.4 is 5.32 Å². The summed E-state index contributed by atoms with van der Waals surface area (Å²) in [4.78, 5) is 0. The lowest BCUT2D eigenvalue weighted by atomic mass is 9.79. The highest BCUT2D eigenvalue weighted by Gasteiger charge is 2.20. The van der Waals surface area contributed by atoms with Crippen LogP contribution in [-0.4, -0.2) is 6.54 Å². The molecule has 0 fully saturated rings. The van der Waals surface area contributed by atoms with Gasteiger partial charge in [0, 0.05) is 12.2 Å². The number of rotatable bonds is 6. The van der Waals surface area contributed by atoms with E-state index in [0.717, 1.165) is 24.2 Å². The molecule has 0 saturated carbocycles. The fourth-order valence-electron chi connectivity index (χ4n) is 2.54. The monoisotopic (exact) mass is 293 g/mol. The van der Waals surface area contributed by atoms with E-state index in [1.807, 2.05) is 0 Å². The van der Waals surface area contributed by atoms with Crippen LogP contribution in [0, 0.1) is 5.41 Å². The molecule has 0 spiro atoms. The van der Waals surface area contributed by atoms with Crippen LogP contribution >= 0.6 is 0 Å². The molecule has 2 aromatic carbocycles. The fraction of sp³-hybridized carbons (Fsp3) is 0.333. The normalized spacial score (nSPS) is 11.5. The third-order valence-corrected chi connectivity index (χ3v) is 4.63. The largest absolute Gasteiger partial charge is 0.385 e. The Labute approximate surface area is 134 Å². The SMILES string of the molecule is C=C(NCC)c1ccc2cc(C(=C)C(C)(C)CC)ccc2c1. The quantitative estimate of drug-likeness (QED) is 0.702. The Morgan fingerprint density at radius 1 is 0.955 bits per heavy atom. The summed E-state index contributed by atoms with van der Waals surface area (Å²) in [6, 6.07) is 13.1. The van der Waals surface area contributed by atoms with Crippen molar-refractivity contribution in [2.75, 3.05) is 6.54 Å². The molecule has 22 heavy (non-hydrogen) atoms. The second-order valence-electron chi connectivity index (χ2n) is 6.50. The summed E-state index contributed by atoms with van der Waals surface area (Å²) in [7, 11) is 0. The number of allylic oxidation sites excluding steroid dienone is 1. The van der Waals surface area contributed by atoms with E-state index in [9.17, 15) is 0 Å². The Balaban J connectivity index is 2.39. The van der Waals surface area contributed by atoms with Gasteiger partial charge in [-0.2, -0.15) is 0 Å². The average molecular weight is 293 g/mol. The van der Waals surface area contributed by atoms with Gasteiger partial charge >= 0.3 is 0 Å². The van der Waals surface area contributed by atoms with Gasteiger partial charge in [-0.25, -0.2) is 0 Å². The molecule has 0 heterocycles. The minimum Gasteiger partial charge on any atom is -0.385 e. The van der Waals surface area contributed by atoms with Gasteiger partial charge in [-0.3, -0.25) is 0 Å². The number of hydrogen-bond acceptors (Lipinski definition) is 1. The van der Waals surface area contributed by atoms with Gasteiger partial charge in [-0.05, 0) is 58.4 Å². The lowest BCUT2D eigenvalue weighted by Gasteiger charge is -2.26. The molecule has 0 aromatic heterocycles. The van der Waals surface area contributed by atoms with E-state index in [-0.39, 0.29) is 5.41 Å². The van der Waals surface area contributed by atoms with Crippen LogP contribution in [0.4, 0.5) is 0 Å². The van der Waals surface area contributed by atoms with Crippen molar-refractivity contribution in [3.8, 4) is 0 Å². The predicted octanol–water partition coefficient (Wildman–Crippen LogP) is 5.87. The van der Waals surface area contributed by atoms with Crippen molar-refractivity contribution in [2.45, 2.75) is 34.1 Å². The summed E-state index contributed by atoms with van der Waals surface area (Å²) in [6.45, 7) is 18.1. The Kier molecular flexibility index (Phi) is 4.75. The minimum atomic E-state index is 0.132. The van der Waals surface area contributed by atoms with Gasteiger partial charge in [0.1, 0.15) is 0 Å². The molecule has 0 atom stereocenters. The molecule has 0 unspecified atom stereocenters. The first-order valence-electron chi connectivity index (χ1n) is 8.05. The van der Waals surface area contributed by atoms with Gasteiger partial charge in [0.2, 0.25) is 0 Å². The van der Waals surface area contributed by atoms with Gasteiger partial charge in [-0.15, -0.1) is 0 Å². The van der Waals surface area contributed by atoms with Crippen LogP contribution in [0.2, 0.25) is 0 Å². The van der Waals surface area contributed by atoms with Crippen LogP contribution in [0.5, 0.6) is 0 Å². The lowest BCUT2D eigenvalue weighted by Crippen LogP contribution is -2.11. The van der Waals surface area contributed by atoms with Crippen molar-refractivity contribution in [1.82, 2.24) is 5.32 Å². The predicted molar refractivity (Wildman–Crippen MR) is 99.8 cm³/mol. The van der Waals surface area contributed by atoms with Crippen LogP contribution in [0.15, 0.2) is 49.6 Å². The molecule has 0 bridgehead atoms. The van der Waals surface area contributed by atoms with Gasteiger partial charge < -0.3 is 5.32 Å². The van der Waals surface area contributed by atoms with Crippen molar-refractivity contribution in [3.05, 3.63) is 60.7 Å². The maximum Gasteiger partial charge on any atom is 0.0340 e. The number of benzene rings is 2. The molecule has 0 radical (unpaired) electrons. The van der Waals surface area contributed by atoms with E-state index in [4.69, 9.17) is 0 Å². The highest BCUT2D eigenvalue weighted by Crippen LogP contribution is 2.37. The molecule has 2 aromatic rings. The van der Waals surface area contributed by atoms with Gasteiger partial charge in [0.15, 0.2) is 0 Å². The molecule has 1 N–H and O–H groups in total. The van der Waals surface area contributed by atoms with Crippen molar-refractivity contribution in [3.63, 3.8) is 0 Å². The molecular formula is C21H27N. The molecule has 0 aliphatic rings. The van der Waals surface area contributed by atoms with Gasteiger partial charge in [0.05, 0.1) is 0 Å². The van der Waals surface area contributed by atoms with E-state index in [1.165, 1.54) is 21.9 Å². The molecule has 0 aliphatic heterocycles. The van der Waals surface area contributed by atoms with Crippen LogP contribution in [0.3, 0.4) is 0 Å². The molecule has 1 nitrogen and oxygen atoms in total. The lowest BCUT2D eigenvalue weighted by molar-refractivity contribution is 0.483. The Morgan fingerprint density at radius 3 is 2.05 bits per heavy atom. The van der Waals surface area contributed by atoms with E-state index < -0.39 is 0 Å². The molecule has 0 amide bonds. The highest BCUT2D eigenvalue weighted by molar-refractivity contribution is 5.89. The van der Waals surface area contributed by atoms with Crippen molar-refractivity contribution in [1.29, 1.82) is 0 Å². The summed E-state index contributed by atoms with van der Waals surface area (Å²) in [5.41, 5.74) is 4.70. The third kappa shape index (κ3) is 3.24. The second kappa shape index (κ2) is 6.39. The molecule has 1 heteroatoms. The van der Waals surface area contributed by atoms with Crippen LogP contribution in [0.1, 0.15) is 45.2 Å². The molecule has 116 valence electrons. The second-order valence-corrected chi connectivity index (χ2v) is 6.50. The summed E-state index contributed by atoms with van der Waals surface area (Å²) < 4.78 is 0. The molecule has 2 rings (SSSR count). The summed E-state index contributed by atoms with van der Waals surface area (Å²) in [5, 5.41) is 5.76. The minimum absolute atomic E-state index is 0.132. The first kappa shape index (κ1) is 16.4. The summed E-state index contributed by atoms with van der Waals surface area (Å²) in [6.07, 6.45) is 1.09. The topological polar surface area (TPSA) is 12.0 Å². The van der Waals surface area contributed by atoms with Crippen molar-refractivity contribution in [2.24, 2.45) is 5.41 Å². The van der Waals surface area contributed by atoms with E-state index in [1.54, 1.807) is 0 Å². The zero-order chi connectivity index (χ0) is 16.3. The maximum atomic E-state index is 4.32. The summed E-state index contributed by atoms with van der Waals surface area (Å²) >= 11 is 0. The Morgan fingerprint density at radius 2 is 1.50 bits per heavy atom. The van der Waals surface area contributed by atoms with E-state index in [0.29, 0.717) is 0 Å². The first-order chi connectivity index (χ1) is 10.4. The fourth-order valence-corrected chi connectivity index (χ4v) is 2.54. The highest BCUT2D eigenvalue weighted by atomic mass is 14.9. The van der Waals surface area contributed by atoms with Gasteiger partial charge in [-0.1, -0.05) is 58.2 Å².